The highest BCUT2D eigenvalue weighted by Gasteiger charge is 2.80. The molecule has 0 spiro atoms. The zero-order chi connectivity index (χ0) is 26.3. The Morgan fingerprint density at radius 2 is 1.22 bits per heavy atom. The van der Waals surface area contributed by atoms with Crippen molar-refractivity contribution in [3.63, 3.8) is 0 Å². The van der Waals surface area contributed by atoms with Gasteiger partial charge >= 0.3 is 0 Å². The minimum atomic E-state index is -2.83. The molecule has 1 aliphatic carbocycles. The molecule has 3 fully saturated rings. The van der Waals surface area contributed by atoms with E-state index in [-0.39, 0.29) is 12.8 Å². The van der Waals surface area contributed by atoms with Gasteiger partial charge in [-0.15, -0.1) is 0 Å². The number of halogens is 5. The van der Waals surface area contributed by atoms with Crippen LogP contribution in [0.2, 0.25) is 0 Å². The highest BCUT2D eigenvalue weighted by molar-refractivity contribution is 5.89. The van der Waals surface area contributed by atoms with E-state index in [9.17, 15) is 37.7 Å². The number of nitrogens with one attached hydrogen (secondary N) is 1. The molecule has 4 unspecified atom stereocenters. The van der Waals surface area contributed by atoms with Gasteiger partial charge in [-0.1, -0.05) is 44.9 Å². The largest absolute Gasteiger partial charge is 0.447 e. The minimum absolute atomic E-state index is 0.0440. The van der Waals surface area contributed by atoms with Crippen molar-refractivity contribution < 1.29 is 31.4 Å². The summed E-state index contributed by atoms with van der Waals surface area (Å²) in [6.07, 6.45) is 4.13. The average molecular weight is 506 g/mol. The van der Waals surface area contributed by atoms with E-state index in [4.69, 9.17) is 14.9 Å². The number of ether oxygens (including phenoxy) is 2. The molecule has 4 atom stereocenters. The lowest BCUT2D eigenvalue weighted by Crippen LogP contribution is -2.59. The van der Waals surface area contributed by atoms with Crippen molar-refractivity contribution in [2.24, 2.45) is 16.7 Å². The lowest BCUT2D eigenvalue weighted by Gasteiger charge is -2.50. The average Bonchev–Trinajstić information content (AvgIpc) is 3.05. The molecule has 0 radical (unpaired) electrons. The van der Waals surface area contributed by atoms with Gasteiger partial charge in [0.15, 0.2) is 28.7 Å². The standard InChI is InChI=1S/C25H23F5N4O2/c26-16-15(17(27)19(29)20(30)18(16)28)21-23(11-31,12-32)24(13-33)14-9-7-5-3-1-2-4-6-8-10-25(14,35-21)36-22(24)34/h14,21,34H,1-10H2. The molecule has 1 N–H and O–H groups in total. The molecule has 2 aliphatic heterocycles. The first kappa shape index (κ1) is 25.9. The molecule has 1 saturated carbocycles. The fraction of sp³-hybridized carbons (Fsp3) is 0.600. The van der Waals surface area contributed by atoms with E-state index in [1.54, 1.807) is 12.1 Å². The van der Waals surface area contributed by atoms with E-state index in [0.717, 1.165) is 32.1 Å². The molecule has 2 bridgehead atoms. The Bertz CT molecular complexity index is 1180. The van der Waals surface area contributed by atoms with Crippen LogP contribution in [0, 0.1) is 85.2 Å². The van der Waals surface area contributed by atoms with E-state index in [1.807, 2.05) is 6.07 Å². The quantitative estimate of drug-likeness (QED) is 0.275. The van der Waals surface area contributed by atoms with Gasteiger partial charge in [0.25, 0.3) is 0 Å². The molecule has 36 heavy (non-hydrogen) atoms. The first-order valence-corrected chi connectivity index (χ1v) is 11.9. The normalized spacial score (nSPS) is 32.0. The van der Waals surface area contributed by atoms with Crippen LogP contribution in [0.1, 0.15) is 75.9 Å². The highest BCUT2D eigenvalue weighted by atomic mass is 19.2. The van der Waals surface area contributed by atoms with E-state index >= 15 is 0 Å². The van der Waals surface area contributed by atoms with Crippen LogP contribution in [0.25, 0.3) is 0 Å². The van der Waals surface area contributed by atoms with Crippen LogP contribution in [-0.4, -0.2) is 11.7 Å². The topological polar surface area (TPSA) is 114 Å². The van der Waals surface area contributed by atoms with Crippen molar-refractivity contribution in [1.29, 1.82) is 21.2 Å². The van der Waals surface area contributed by atoms with Crippen molar-refractivity contribution in [3.8, 4) is 18.2 Å². The number of hydrogen-bond acceptors (Lipinski definition) is 6. The SMILES string of the molecule is N#CC1(C#N)C(c2c(F)c(F)c(F)c(F)c2F)OC23CCCCCCCCCCC2C1(C#N)C(=N)O3. The fourth-order valence-corrected chi connectivity index (χ4v) is 6.03. The lowest BCUT2D eigenvalue weighted by atomic mass is 9.52. The Morgan fingerprint density at radius 3 is 1.75 bits per heavy atom. The third kappa shape index (κ3) is 3.31. The summed E-state index contributed by atoms with van der Waals surface area (Å²) in [5.74, 6) is -15.2. The zero-order valence-corrected chi connectivity index (χ0v) is 19.3. The summed E-state index contributed by atoms with van der Waals surface area (Å²) in [7, 11) is 0. The molecule has 2 saturated heterocycles. The van der Waals surface area contributed by atoms with Crippen LogP contribution in [0.4, 0.5) is 22.0 Å². The minimum Gasteiger partial charge on any atom is -0.447 e. The zero-order valence-electron chi connectivity index (χ0n) is 19.3. The summed E-state index contributed by atoms with van der Waals surface area (Å²) in [5, 5.41) is 39.4. The number of rotatable bonds is 1. The number of benzene rings is 1. The van der Waals surface area contributed by atoms with E-state index in [1.165, 1.54) is 0 Å². The van der Waals surface area contributed by atoms with Gasteiger partial charge in [-0.2, -0.15) is 15.8 Å². The number of hydrogen-bond donors (Lipinski definition) is 1. The van der Waals surface area contributed by atoms with Gasteiger partial charge < -0.3 is 9.47 Å². The molecule has 1 aromatic carbocycles. The first-order chi connectivity index (χ1) is 17.2. The van der Waals surface area contributed by atoms with Crippen LogP contribution in [-0.2, 0) is 9.47 Å². The molecule has 0 aromatic heterocycles. The smallest absolute Gasteiger partial charge is 0.217 e. The van der Waals surface area contributed by atoms with Crippen molar-refractivity contribution in [1.82, 2.24) is 0 Å². The van der Waals surface area contributed by atoms with Crippen LogP contribution in [0.15, 0.2) is 0 Å². The van der Waals surface area contributed by atoms with E-state index in [2.05, 4.69) is 0 Å². The Balaban J connectivity index is 1.99. The van der Waals surface area contributed by atoms with Gasteiger partial charge in [0.05, 0.1) is 29.7 Å². The van der Waals surface area contributed by atoms with Crippen LogP contribution in [0.3, 0.4) is 0 Å². The number of nitrogens with zero attached hydrogens (tertiary/aromatic N) is 3. The molecular weight excluding hydrogens is 483 g/mol. The predicted octanol–water partition coefficient (Wildman–Crippen LogP) is 6.23. The van der Waals surface area contributed by atoms with Crippen molar-refractivity contribution in [3.05, 3.63) is 34.6 Å². The number of nitriles is 3. The highest BCUT2D eigenvalue weighted by Crippen LogP contribution is 2.69. The summed E-state index contributed by atoms with van der Waals surface area (Å²) in [5.41, 5.74) is -6.72. The first-order valence-electron chi connectivity index (χ1n) is 11.9. The molecule has 3 aliphatic rings. The Kier molecular flexibility index (Phi) is 6.70. The molecule has 2 heterocycles. The molecule has 4 rings (SSSR count). The maximum atomic E-state index is 15.0. The van der Waals surface area contributed by atoms with Gasteiger partial charge in [0.1, 0.15) is 6.10 Å². The summed E-state index contributed by atoms with van der Waals surface area (Å²) < 4.78 is 83.9. The van der Waals surface area contributed by atoms with Crippen molar-refractivity contribution in [2.75, 3.05) is 0 Å². The maximum absolute atomic E-state index is 15.0. The van der Waals surface area contributed by atoms with Crippen molar-refractivity contribution >= 4 is 5.90 Å². The Hall–Kier alpha value is -3.23. The third-order valence-corrected chi connectivity index (χ3v) is 7.82. The van der Waals surface area contributed by atoms with Crippen LogP contribution in [0.5, 0.6) is 0 Å². The molecule has 0 amide bonds. The third-order valence-electron chi connectivity index (χ3n) is 7.82. The Morgan fingerprint density at radius 1 is 0.722 bits per heavy atom. The maximum Gasteiger partial charge on any atom is 0.217 e. The second kappa shape index (κ2) is 9.33. The summed E-state index contributed by atoms with van der Waals surface area (Å²) in [6, 6.07) is 5.03. The predicted molar refractivity (Wildman–Crippen MR) is 113 cm³/mol. The van der Waals surface area contributed by atoms with Crippen LogP contribution < -0.4 is 0 Å². The molecule has 190 valence electrons. The molecule has 11 heteroatoms. The van der Waals surface area contributed by atoms with Crippen molar-refractivity contribution in [2.45, 2.75) is 76.1 Å². The Labute approximate surface area is 204 Å². The second-order valence-electron chi connectivity index (χ2n) is 9.60. The summed E-state index contributed by atoms with van der Waals surface area (Å²) in [6.45, 7) is 0. The lowest BCUT2D eigenvalue weighted by molar-refractivity contribution is -0.289. The fourth-order valence-electron chi connectivity index (χ4n) is 6.03. The van der Waals surface area contributed by atoms with E-state index < -0.39 is 69.2 Å². The molecule has 1 aromatic rings. The van der Waals surface area contributed by atoms with Gasteiger partial charge in [-0.3, -0.25) is 5.41 Å². The molecule has 6 nitrogen and oxygen atoms in total. The molecular formula is C25H23F5N4O2. The van der Waals surface area contributed by atoms with Crippen LogP contribution >= 0.6 is 0 Å². The van der Waals surface area contributed by atoms with E-state index in [0.29, 0.717) is 19.3 Å². The van der Waals surface area contributed by atoms with Gasteiger partial charge in [-0.25, -0.2) is 22.0 Å². The van der Waals surface area contributed by atoms with Gasteiger partial charge in [0, 0.05) is 6.42 Å². The monoisotopic (exact) mass is 506 g/mol. The van der Waals surface area contributed by atoms with Gasteiger partial charge in [-0.05, 0) is 12.8 Å². The van der Waals surface area contributed by atoms with Gasteiger partial charge in [0.2, 0.25) is 22.9 Å². The second-order valence-corrected chi connectivity index (χ2v) is 9.60. The summed E-state index contributed by atoms with van der Waals surface area (Å²) in [4.78, 5) is 0. The summed E-state index contributed by atoms with van der Waals surface area (Å²) >= 11 is 0.